The molecule has 138 valence electrons. The lowest BCUT2D eigenvalue weighted by molar-refractivity contribution is -0.132. The number of sulfone groups is 1. The first-order valence-electron chi connectivity index (χ1n) is 8.31. The Bertz CT molecular complexity index is 709. The zero-order valence-corrected chi connectivity index (χ0v) is 15.0. The fraction of sp³-hybridized carbons (Fsp3) is 0.529. The number of hydrogen-bond acceptors (Lipinski definition) is 4. The molecule has 1 saturated heterocycles. The number of nitrogens with one attached hydrogen (secondary N) is 1. The Balaban J connectivity index is 1.95. The van der Waals surface area contributed by atoms with Gasteiger partial charge in [-0.05, 0) is 12.1 Å². The number of carbonyl (C=O) groups excluding carboxylic acids is 2. The lowest BCUT2D eigenvalue weighted by Gasteiger charge is -2.24. The Morgan fingerprint density at radius 2 is 1.96 bits per heavy atom. The van der Waals surface area contributed by atoms with Gasteiger partial charge in [0.15, 0.2) is 9.84 Å². The smallest absolute Gasteiger partial charge is 0.224 e. The maximum atomic E-state index is 13.7. The van der Waals surface area contributed by atoms with Crippen LogP contribution in [0.25, 0.3) is 0 Å². The van der Waals surface area contributed by atoms with Crippen molar-refractivity contribution in [3.8, 4) is 0 Å². The number of nitrogens with zero attached hydrogens (tertiary/aromatic N) is 1. The summed E-state index contributed by atoms with van der Waals surface area (Å²) in [5, 5.41) is 2.66. The van der Waals surface area contributed by atoms with Crippen molar-refractivity contribution >= 4 is 21.7 Å². The number of rotatable bonds is 7. The van der Waals surface area contributed by atoms with Gasteiger partial charge in [0, 0.05) is 25.8 Å². The molecule has 0 saturated carbocycles. The number of likely N-dealkylation sites (tertiary alicyclic amines) is 1. The molecule has 2 amide bonds. The molecule has 2 rings (SSSR count). The first-order valence-corrected chi connectivity index (χ1v) is 9.96. The quantitative estimate of drug-likeness (QED) is 0.785. The third kappa shape index (κ3) is 5.26. The van der Waals surface area contributed by atoms with Crippen LogP contribution >= 0.6 is 0 Å². The molecule has 0 radical (unpaired) electrons. The Morgan fingerprint density at radius 3 is 2.60 bits per heavy atom. The average molecular weight is 370 g/mol. The Hall–Kier alpha value is -1.96. The van der Waals surface area contributed by atoms with Crippen LogP contribution in [0.2, 0.25) is 0 Å². The van der Waals surface area contributed by atoms with Crippen molar-refractivity contribution in [3.63, 3.8) is 0 Å². The van der Waals surface area contributed by atoms with E-state index in [1.807, 2.05) is 0 Å². The van der Waals surface area contributed by atoms with E-state index in [-0.39, 0.29) is 42.5 Å². The molecular weight excluding hydrogens is 347 g/mol. The third-order valence-corrected chi connectivity index (χ3v) is 5.96. The maximum Gasteiger partial charge on any atom is 0.224 e. The van der Waals surface area contributed by atoms with Crippen LogP contribution in [0.1, 0.15) is 26.2 Å². The van der Waals surface area contributed by atoms with Crippen LogP contribution in [0.4, 0.5) is 4.39 Å². The second-order valence-electron chi connectivity index (χ2n) is 6.07. The van der Waals surface area contributed by atoms with Gasteiger partial charge in [0.05, 0.1) is 23.2 Å². The number of carbonyl (C=O) groups is 2. The van der Waals surface area contributed by atoms with E-state index in [1.54, 1.807) is 25.1 Å². The fourth-order valence-corrected chi connectivity index (χ4v) is 4.08. The standard InChI is InChI=1S/C17H23FN2O4S/c1-2-16(21)19-11-14-10-13(18)12-20(14)17(22)8-9-25(23,24)15-6-4-3-5-7-15/h3-7,13-14H,2,8-12H2,1H3,(H,19,21)/t13-,14-/m0/s1. The second kappa shape index (κ2) is 8.42. The Kier molecular flexibility index (Phi) is 6.52. The molecule has 1 aromatic carbocycles. The van der Waals surface area contributed by atoms with E-state index in [2.05, 4.69) is 5.32 Å². The van der Waals surface area contributed by atoms with E-state index in [0.29, 0.717) is 6.42 Å². The molecule has 0 unspecified atom stereocenters. The second-order valence-corrected chi connectivity index (χ2v) is 8.18. The first kappa shape index (κ1) is 19.4. The summed E-state index contributed by atoms with van der Waals surface area (Å²) in [7, 11) is -3.56. The molecule has 0 spiro atoms. The first-order chi connectivity index (χ1) is 11.8. The zero-order valence-electron chi connectivity index (χ0n) is 14.2. The Morgan fingerprint density at radius 1 is 1.28 bits per heavy atom. The van der Waals surface area contributed by atoms with Crippen LogP contribution in [0.3, 0.4) is 0 Å². The van der Waals surface area contributed by atoms with Gasteiger partial charge in [-0.25, -0.2) is 12.8 Å². The van der Waals surface area contributed by atoms with Crippen LogP contribution in [-0.4, -0.2) is 56.2 Å². The maximum absolute atomic E-state index is 13.7. The van der Waals surface area contributed by atoms with Gasteiger partial charge < -0.3 is 10.2 Å². The van der Waals surface area contributed by atoms with Crippen molar-refractivity contribution < 1.29 is 22.4 Å². The van der Waals surface area contributed by atoms with Gasteiger partial charge >= 0.3 is 0 Å². The van der Waals surface area contributed by atoms with Gasteiger partial charge in [-0.1, -0.05) is 25.1 Å². The van der Waals surface area contributed by atoms with Crippen LogP contribution in [0.15, 0.2) is 35.2 Å². The summed E-state index contributed by atoms with van der Waals surface area (Å²) in [6.45, 7) is 1.83. The number of benzene rings is 1. The molecular formula is C17H23FN2O4S. The highest BCUT2D eigenvalue weighted by Gasteiger charge is 2.35. The van der Waals surface area contributed by atoms with E-state index in [1.165, 1.54) is 17.0 Å². The minimum Gasteiger partial charge on any atom is -0.354 e. The summed E-state index contributed by atoms with van der Waals surface area (Å²) in [5.74, 6) is -0.895. The summed E-state index contributed by atoms with van der Waals surface area (Å²) < 4.78 is 38.2. The fourth-order valence-electron chi connectivity index (χ4n) is 2.83. The summed E-state index contributed by atoms with van der Waals surface area (Å²) >= 11 is 0. The molecule has 25 heavy (non-hydrogen) atoms. The molecule has 1 aromatic rings. The molecule has 8 heteroatoms. The van der Waals surface area contributed by atoms with Gasteiger partial charge in [0.25, 0.3) is 0 Å². The molecule has 0 aliphatic carbocycles. The summed E-state index contributed by atoms with van der Waals surface area (Å²) in [6.07, 6.45) is -0.892. The van der Waals surface area contributed by atoms with Gasteiger partial charge in [-0.2, -0.15) is 0 Å². The minimum absolute atomic E-state index is 0.0587. The monoisotopic (exact) mass is 370 g/mol. The van der Waals surface area contributed by atoms with Crippen LogP contribution in [0, 0.1) is 0 Å². The average Bonchev–Trinajstić information content (AvgIpc) is 2.99. The lowest BCUT2D eigenvalue weighted by Crippen LogP contribution is -2.43. The number of amides is 2. The van der Waals surface area contributed by atoms with E-state index in [0.717, 1.165) is 0 Å². The van der Waals surface area contributed by atoms with E-state index >= 15 is 0 Å². The molecule has 1 heterocycles. The molecule has 0 aromatic heterocycles. The van der Waals surface area contributed by atoms with Crippen molar-refractivity contribution in [3.05, 3.63) is 30.3 Å². The van der Waals surface area contributed by atoms with Gasteiger partial charge in [-0.15, -0.1) is 0 Å². The molecule has 2 atom stereocenters. The van der Waals surface area contributed by atoms with E-state index < -0.39 is 28.0 Å². The minimum atomic E-state index is -3.56. The van der Waals surface area contributed by atoms with Crippen molar-refractivity contribution in [1.82, 2.24) is 10.2 Å². The molecule has 1 N–H and O–H groups in total. The summed E-state index contributed by atoms with van der Waals surface area (Å²) in [4.78, 5) is 25.2. The molecule has 1 fully saturated rings. The highest BCUT2D eigenvalue weighted by atomic mass is 32.2. The van der Waals surface area contributed by atoms with Crippen molar-refractivity contribution in [1.29, 1.82) is 0 Å². The van der Waals surface area contributed by atoms with Crippen LogP contribution < -0.4 is 5.32 Å². The molecule has 1 aliphatic rings. The topological polar surface area (TPSA) is 83.6 Å². The predicted octanol–water partition coefficient (Wildman–Crippen LogP) is 1.32. The SMILES string of the molecule is CCC(=O)NC[C@@H]1C[C@H](F)CN1C(=O)CCS(=O)(=O)c1ccccc1. The van der Waals surface area contributed by atoms with E-state index in [4.69, 9.17) is 0 Å². The number of hydrogen-bond donors (Lipinski definition) is 1. The van der Waals surface area contributed by atoms with Crippen LogP contribution in [0.5, 0.6) is 0 Å². The Labute approximate surface area is 147 Å². The van der Waals surface area contributed by atoms with Gasteiger partial charge in [0.2, 0.25) is 11.8 Å². The highest BCUT2D eigenvalue weighted by Crippen LogP contribution is 2.21. The van der Waals surface area contributed by atoms with Gasteiger partial charge in [0.1, 0.15) is 6.17 Å². The lowest BCUT2D eigenvalue weighted by atomic mass is 10.2. The van der Waals surface area contributed by atoms with Crippen molar-refractivity contribution in [2.75, 3.05) is 18.8 Å². The van der Waals surface area contributed by atoms with Crippen molar-refractivity contribution in [2.24, 2.45) is 0 Å². The number of halogens is 1. The predicted molar refractivity (Wildman–Crippen MR) is 91.4 cm³/mol. The third-order valence-electron chi connectivity index (χ3n) is 4.23. The summed E-state index contributed by atoms with van der Waals surface area (Å²) in [5.41, 5.74) is 0. The van der Waals surface area contributed by atoms with Crippen molar-refractivity contribution in [2.45, 2.75) is 43.3 Å². The molecule has 1 aliphatic heterocycles. The van der Waals surface area contributed by atoms with Gasteiger partial charge in [-0.3, -0.25) is 9.59 Å². The largest absolute Gasteiger partial charge is 0.354 e. The highest BCUT2D eigenvalue weighted by molar-refractivity contribution is 7.91. The normalized spacial score (nSPS) is 20.5. The summed E-state index contributed by atoms with van der Waals surface area (Å²) in [6, 6.07) is 7.49. The molecule has 6 nitrogen and oxygen atoms in total. The number of alkyl halides is 1. The molecule has 0 bridgehead atoms. The van der Waals surface area contributed by atoms with Crippen LogP contribution in [-0.2, 0) is 19.4 Å². The van der Waals surface area contributed by atoms with E-state index in [9.17, 15) is 22.4 Å². The zero-order chi connectivity index (χ0) is 18.4.